The van der Waals surface area contributed by atoms with Gasteiger partial charge >= 0.3 is 5.97 Å². The lowest BCUT2D eigenvalue weighted by atomic mass is 10.5. The second-order valence-corrected chi connectivity index (χ2v) is 2.37. The minimum absolute atomic E-state index is 0.106. The normalized spacial score (nSPS) is 13.4. The van der Waals surface area contributed by atoms with Gasteiger partial charge in [0, 0.05) is 5.88 Å². The van der Waals surface area contributed by atoms with Crippen LogP contribution in [0.25, 0.3) is 0 Å². The minimum Gasteiger partial charge on any atom is -0.480 e. The van der Waals surface area contributed by atoms with Crippen molar-refractivity contribution in [1.82, 2.24) is 0 Å². The van der Waals surface area contributed by atoms with E-state index < -0.39 is 10.8 Å². The van der Waals surface area contributed by atoms with Gasteiger partial charge in [0.15, 0.2) is 0 Å². The molecule has 1 unspecified atom stereocenters. The largest absolute Gasteiger partial charge is 0.480 e. The van der Waals surface area contributed by atoms with Crippen LogP contribution < -0.4 is 0 Å². The van der Waals surface area contributed by atoms with Crippen molar-refractivity contribution in [2.75, 3.05) is 5.88 Å². The van der Waals surface area contributed by atoms with Crippen molar-refractivity contribution >= 4 is 33.5 Å². The van der Waals surface area contributed by atoms with E-state index in [2.05, 4.69) is 15.9 Å². The molecule has 0 aromatic rings. The number of alkyl halides is 2. The van der Waals surface area contributed by atoms with Gasteiger partial charge in [-0.2, -0.15) is 0 Å². The maximum absolute atomic E-state index is 9.80. The van der Waals surface area contributed by atoms with Crippen LogP contribution in [0.5, 0.6) is 0 Å². The third kappa shape index (κ3) is 2.88. The maximum Gasteiger partial charge on any atom is 0.318 e. The summed E-state index contributed by atoms with van der Waals surface area (Å²) in [5, 5.41) is 8.05. The third-order valence-corrected chi connectivity index (χ3v) is 1.80. The van der Waals surface area contributed by atoms with Gasteiger partial charge in [-0.25, -0.2) is 0 Å². The Morgan fingerprint density at radius 3 is 2.43 bits per heavy atom. The Hall–Kier alpha value is 0.240. The number of carboxylic acids is 1. The van der Waals surface area contributed by atoms with Gasteiger partial charge in [-0.1, -0.05) is 15.9 Å². The topological polar surface area (TPSA) is 37.3 Å². The van der Waals surface area contributed by atoms with Gasteiger partial charge in [-0.05, 0) is 0 Å². The summed E-state index contributed by atoms with van der Waals surface area (Å²) in [5.41, 5.74) is 0. The van der Waals surface area contributed by atoms with Crippen molar-refractivity contribution in [3.05, 3.63) is 0 Å². The molecule has 0 aromatic heterocycles. The molecule has 0 amide bonds. The fourth-order valence-electron chi connectivity index (χ4n) is 0.0660. The van der Waals surface area contributed by atoms with E-state index in [1.807, 2.05) is 0 Å². The van der Waals surface area contributed by atoms with Crippen molar-refractivity contribution in [1.29, 1.82) is 0 Å². The number of rotatable bonds is 2. The quantitative estimate of drug-likeness (QED) is 0.657. The van der Waals surface area contributed by atoms with Crippen LogP contribution in [0.4, 0.5) is 0 Å². The van der Waals surface area contributed by atoms with E-state index >= 15 is 0 Å². The van der Waals surface area contributed by atoms with Crippen molar-refractivity contribution < 1.29 is 9.90 Å². The van der Waals surface area contributed by atoms with Crippen molar-refractivity contribution in [2.45, 2.75) is 4.83 Å². The van der Waals surface area contributed by atoms with E-state index in [4.69, 9.17) is 16.7 Å². The SMILES string of the molecule is O=C(O)C(Br)CCl. The number of halogens is 2. The molecule has 7 heavy (non-hydrogen) atoms. The van der Waals surface area contributed by atoms with Crippen LogP contribution >= 0.6 is 27.5 Å². The summed E-state index contributed by atoms with van der Waals surface area (Å²) in [5.74, 6) is -0.815. The molecule has 0 aromatic carbocycles. The molecular formula is C3H4BrClO2. The minimum atomic E-state index is -0.921. The molecule has 1 N–H and O–H groups in total. The number of aliphatic carboxylic acids is 1. The molecular weight excluding hydrogens is 183 g/mol. The lowest BCUT2D eigenvalue weighted by Gasteiger charge is -1.92. The lowest BCUT2D eigenvalue weighted by Crippen LogP contribution is -2.13. The Labute approximate surface area is 54.6 Å². The molecule has 0 radical (unpaired) electrons. The summed E-state index contributed by atoms with van der Waals surface area (Å²) < 4.78 is 0. The van der Waals surface area contributed by atoms with Gasteiger partial charge in [-0.15, -0.1) is 11.6 Å². The highest BCUT2D eigenvalue weighted by molar-refractivity contribution is 9.10. The number of carboxylic acid groups (broad SMARTS) is 1. The van der Waals surface area contributed by atoms with Crippen LogP contribution in [0.15, 0.2) is 0 Å². The predicted molar refractivity (Wildman–Crippen MR) is 31.1 cm³/mol. The summed E-state index contributed by atoms with van der Waals surface area (Å²) in [6.07, 6.45) is 0. The Bertz CT molecular complexity index is 75.3. The van der Waals surface area contributed by atoms with Crippen molar-refractivity contribution in [3.8, 4) is 0 Å². The molecule has 0 saturated heterocycles. The molecule has 2 nitrogen and oxygen atoms in total. The molecule has 0 aliphatic rings. The maximum atomic E-state index is 9.80. The van der Waals surface area contributed by atoms with Gasteiger partial charge in [0.05, 0.1) is 0 Å². The Morgan fingerprint density at radius 1 is 2.00 bits per heavy atom. The highest BCUT2D eigenvalue weighted by atomic mass is 79.9. The van der Waals surface area contributed by atoms with E-state index in [1.54, 1.807) is 0 Å². The van der Waals surface area contributed by atoms with Crippen LogP contribution in [0.1, 0.15) is 0 Å². The molecule has 0 spiro atoms. The summed E-state index contributed by atoms with van der Waals surface area (Å²) in [6.45, 7) is 0. The highest BCUT2D eigenvalue weighted by Gasteiger charge is 2.08. The van der Waals surface area contributed by atoms with E-state index in [1.165, 1.54) is 0 Å². The second-order valence-electron chi connectivity index (χ2n) is 0.960. The third-order valence-electron chi connectivity index (χ3n) is 0.403. The Morgan fingerprint density at radius 2 is 2.43 bits per heavy atom. The molecule has 0 bridgehead atoms. The monoisotopic (exact) mass is 186 g/mol. The van der Waals surface area contributed by atoms with Crippen LogP contribution in [0.2, 0.25) is 0 Å². The van der Waals surface area contributed by atoms with Gasteiger partial charge in [0.1, 0.15) is 4.83 Å². The van der Waals surface area contributed by atoms with Crippen LogP contribution in [-0.4, -0.2) is 21.8 Å². The van der Waals surface area contributed by atoms with E-state index in [9.17, 15) is 4.79 Å². The number of hydrogen-bond acceptors (Lipinski definition) is 1. The van der Waals surface area contributed by atoms with Crippen molar-refractivity contribution in [3.63, 3.8) is 0 Å². The lowest BCUT2D eigenvalue weighted by molar-refractivity contribution is -0.135. The predicted octanol–water partition coefficient (Wildman–Crippen LogP) is 1.07. The van der Waals surface area contributed by atoms with Crippen molar-refractivity contribution in [2.24, 2.45) is 0 Å². The van der Waals surface area contributed by atoms with Gasteiger partial charge < -0.3 is 5.11 Å². The standard InChI is InChI=1S/C3H4BrClO2/c4-2(1-5)3(6)7/h2H,1H2,(H,6,7). The number of hydrogen-bond donors (Lipinski definition) is 1. The first-order chi connectivity index (χ1) is 3.18. The van der Waals surface area contributed by atoms with E-state index in [-0.39, 0.29) is 5.88 Å². The molecule has 42 valence electrons. The summed E-state index contributed by atoms with van der Waals surface area (Å²) >= 11 is 7.93. The second kappa shape index (κ2) is 3.27. The molecule has 0 rings (SSSR count). The zero-order valence-corrected chi connectivity index (χ0v) is 5.74. The molecule has 4 heteroatoms. The zero-order valence-electron chi connectivity index (χ0n) is 3.40. The first-order valence-corrected chi connectivity index (χ1v) is 3.06. The average Bonchev–Trinajstić information content (AvgIpc) is 1.65. The molecule has 0 fully saturated rings. The van der Waals surface area contributed by atoms with Crippen LogP contribution in [-0.2, 0) is 4.79 Å². The smallest absolute Gasteiger partial charge is 0.318 e. The average molecular weight is 187 g/mol. The van der Waals surface area contributed by atoms with E-state index in [0.29, 0.717) is 0 Å². The van der Waals surface area contributed by atoms with Crippen LogP contribution in [0.3, 0.4) is 0 Å². The van der Waals surface area contributed by atoms with Gasteiger partial charge in [-0.3, -0.25) is 4.79 Å². The first kappa shape index (κ1) is 7.24. The van der Waals surface area contributed by atoms with E-state index in [0.717, 1.165) is 0 Å². The van der Waals surface area contributed by atoms with Gasteiger partial charge in [0.25, 0.3) is 0 Å². The summed E-state index contributed by atoms with van der Waals surface area (Å²) in [4.78, 5) is 9.20. The highest BCUT2D eigenvalue weighted by Crippen LogP contribution is 2.00. The Kier molecular flexibility index (Phi) is 3.38. The molecule has 0 saturated carbocycles. The molecule has 1 atom stereocenters. The fraction of sp³-hybridized carbons (Fsp3) is 0.667. The zero-order chi connectivity index (χ0) is 5.86. The molecule has 0 heterocycles. The number of carbonyl (C=O) groups is 1. The van der Waals surface area contributed by atoms with Gasteiger partial charge in [0.2, 0.25) is 0 Å². The fourth-order valence-corrected chi connectivity index (χ4v) is 0.198. The molecule has 0 aliphatic carbocycles. The Balaban J connectivity index is 3.34. The first-order valence-electron chi connectivity index (χ1n) is 1.61. The summed E-state index contributed by atoms with van der Waals surface area (Å²) in [7, 11) is 0. The summed E-state index contributed by atoms with van der Waals surface area (Å²) in [6, 6.07) is 0. The molecule has 0 aliphatic heterocycles. The van der Waals surface area contributed by atoms with Crippen LogP contribution in [0, 0.1) is 0 Å².